The summed E-state index contributed by atoms with van der Waals surface area (Å²) in [7, 11) is 0. The van der Waals surface area contributed by atoms with Crippen molar-refractivity contribution in [2.75, 3.05) is 5.73 Å². The Morgan fingerprint density at radius 3 is 2.40 bits per heavy atom. The lowest BCUT2D eigenvalue weighted by atomic mass is 9.78. The summed E-state index contributed by atoms with van der Waals surface area (Å²) in [5.41, 5.74) is 6.60. The minimum absolute atomic E-state index is 0.0194. The summed E-state index contributed by atoms with van der Waals surface area (Å²) >= 11 is 0. The van der Waals surface area contributed by atoms with Crippen molar-refractivity contribution in [1.82, 2.24) is 0 Å². The standard InChI is InChI=1S/C16H22N2O2/c1-11-8-12(18)6-7-13(11)16(5,10-17)9-14(19)20-15(2,3)4/h6-8H,9,18H2,1-5H3. The molecule has 1 unspecified atom stereocenters. The number of nitrogens with zero attached hydrogens (tertiary/aromatic N) is 1. The zero-order valence-corrected chi connectivity index (χ0v) is 12.8. The van der Waals surface area contributed by atoms with E-state index in [0.717, 1.165) is 11.1 Å². The number of nitriles is 1. The van der Waals surface area contributed by atoms with Crippen LogP contribution in [0, 0.1) is 18.3 Å². The zero-order valence-electron chi connectivity index (χ0n) is 12.8. The maximum atomic E-state index is 12.0. The Morgan fingerprint density at radius 2 is 1.95 bits per heavy atom. The third-order valence-electron chi connectivity index (χ3n) is 3.01. The van der Waals surface area contributed by atoms with Crippen molar-refractivity contribution in [2.45, 2.75) is 52.1 Å². The van der Waals surface area contributed by atoms with Gasteiger partial charge in [-0.05, 0) is 57.9 Å². The Bertz CT molecular complexity index is 553. The highest BCUT2D eigenvalue weighted by atomic mass is 16.6. The van der Waals surface area contributed by atoms with Crippen molar-refractivity contribution >= 4 is 11.7 Å². The molecule has 1 aromatic carbocycles. The SMILES string of the molecule is Cc1cc(N)ccc1C(C)(C#N)CC(=O)OC(C)(C)C. The monoisotopic (exact) mass is 274 g/mol. The van der Waals surface area contributed by atoms with Crippen molar-refractivity contribution in [3.63, 3.8) is 0 Å². The van der Waals surface area contributed by atoms with Gasteiger partial charge in [0.2, 0.25) is 0 Å². The summed E-state index contributed by atoms with van der Waals surface area (Å²) in [6, 6.07) is 7.58. The van der Waals surface area contributed by atoms with E-state index in [-0.39, 0.29) is 12.4 Å². The van der Waals surface area contributed by atoms with Crippen LogP contribution in [0.3, 0.4) is 0 Å². The molecule has 0 fully saturated rings. The van der Waals surface area contributed by atoms with E-state index in [4.69, 9.17) is 10.5 Å². The minimum Gasteiger partial charge on any atom is -0.460 e. The van der Waals surface area contributed by atoms with E-state index in [9.17, 15) is 10.1 Å². The van der Waals surface area contributed by atoms with Gasteiger partial charge in [-0.15, -0.1) is 0 Å². The summed E-state index contributed by atoms with van der Waals surface area (Å²) in [4.78, 5) is 12.0. The molecule has 0 saturated carbocycles. The van der Waals surface area contributed by atoms with Gasteiger partial charge in [0.15, 0.2) is 0 Å². The molecule has 0 bridgehead atoms. The second kappa shape index (κ2) is 5.54. The summed E-state index contributed by atoms with van der Waals surface area (Å²) in [5, 5.41) is 9.49. The quantitative estimate of drug-likeness (QED) is 0.678. The second-order valence-corrected chi connectivity index (χ2v) is 6.28. The summed E-state index contributed by atoms with van der Waals surface area (Å²) < 4.78 is 5.31. The molecule has 0 aliphatic carbocycles. The molecular formula is C16H22N2O2. The lowest BCUT2D eigenvalue weighted by Gasteiger charge is -2.26. The van der Waals surface area contributed by atoms with Gasteiger partial charge in [0.25, 0.3) is 0 Å². The van der Waals surface area contributed by atoms with Crippen LogP contribution in [0.15, 0.2) is 18.2 Å². The highest BCUT2D eigenvalue weighted by molar-refractivity contribution is 5.73. The molecule has 0 heterocycles. The molecule has 0 radical (unpaired) electrons. The first-order valence-electron chi connectivity index (χ1n) is 6.57. The zero-order chi connectivity index (χ0) is 15.6. The van der Waals surface area contributed by atoms with Gasteiger partial charge in [-0.1, -0.05) is 6.07 Å². The third-order valence-corrected chi connectivity index (χ3v) is 3.01. The lowest BCUT2D eigenvalue weighted by Crippen LogP contribution is -2.30. The summed E-state index contributed by atoms with van der Waals surface area (Å²) in [6.07, 6.45) is 0.0194. The van der Waals surface area contributed by atoms with E-state index < -0.39 is 11.0 Å². The van der Waals surface area contributed by atoms with Gasteiger partial charge in [0.05, 0.1) is 17.9 Å². The fraction of sp³-hybridized carbons (Fsp3) is 0.500. The second-order valence-electron chi connectivity index (χ2n) is 6.28. The average molecular weight is 274 g/mol. The van der Waals surface area contributed by atoms with Crippen LogP contribution in [0.4, 0.5) is 5.69 Å². The molecule has 0 amide bonds. The Hall–Kier alpha value is -2.02. The number of anilines is 1. The van der Waals surface area contributed by atoms with Gasteiger partial charge < -0.3 is 10.5 Å². The van der Waals surface area contributed by atoms with Gasteiger partial charge >= 0.3 is 5.97 Å². The van der Waals surface area contributed by atoms with Crippen molar-refractivity contribution in [3.05, 3.63) is 29.3 Å². The molecule has 1 aromatic rings. The van der Waals surface area contributed by atoms with Crippen LogP contribution < -0.4 is 5.73 Å². The molecule has 0 saturated heterocycles. The molecule has 2 N–H and O–H groups in total. The number of carbonyl (C=O) groups excluding carboxylic acids is 1. The van der Waals surface area contributed by atoms with E-state index >= 15 is 0 Å². The molecule has 0 aromatic heterocycles. The summed E-state index contributed by atoms with van der Waals surface area (Å²) in [6.45, 7) is 9.06. The Balaban J connectivity index is 3.04. The number of carbonyl (C=O) groups is 1. The minimum atomic E-state index is -0.917. The predicted octanol–water partition coefficient (Wildman–Crippen LogP) is 3.09. The molecule has 4 nitrogen and oxygen atoms in total. The molecule has 0 spiro atoms. The molecule has 1 rings (SSSR count). The maximum Gasteiger partial charge on any atom is 0.308 e. The molecule has 4 heteroatoms. The van der Waals surface area contributed by atoms with Gasteiger partial charge in [-0.3, -0.25) is 4.79 Å². The van der Waals surface area contributed by atoms with E-state index in [1.165, 1.54) is 0 Å². The molecule has 0 aliphatic rings. The highest BCUT2D eigenvalue weighted by Crippen LogP contribution is 2.31. The van der Waals surface area contributed by atoms with E-state index in [1.54, 1.807) is 25.1 Å². The predicted molar refractivity (Wildman–Crippen MR) is 79.0 cm³/mol. The van der Waals surface area contributed by atoms with Crippen LogP contribution in [0.2, 0.25) is 0 Å². The van der Waals surface area contributed by atoms with Gasteiger partial charge in [0.1, 0.15) is 5.60 Å². The molecule has 20 heavy (non-hydrogen) atoms. The van der Waals surface area contributed by atoms with Crippen LogP contribution in [0.25, 0.3) is 0 Å². The number of aryl methyl sites for hydroxylation is 1. The number of ether oxygens (including phenoxy) is 1. The first kappa shape index (κ1) is 16.0. The first-order chi connectivity index (χ1) is 9.07. The topological polar surface area (TPSA) is 76.1 Å². The number of hydrogen-bond donors (Lipinski definition) is 1. The van der Waals surface area contributed by atoms with Crippen LogP contribution in [0.1, 0.15) is 45.2 Å². The number of benzene rings is 1. The number of hydrogen-bond acceptors (Lipinski definition) is 4. The highest BCUT2D eigenvalue weighted by Gasteiger charge is 2.33. The van der Waals surface area contributed by atoms with Crippen LogP contribution >= 0.6 is 0 Å². The van der Waals surface area contributed by atoms with Gasteiger partial charge in [0, 0.05) is 5.69 Å². The number of nitrogen functional groups attached to an aromatic ring is 1. The van der Waals surface area contributed by atoms with Gasteiger partial charge in [-0.2, -0.15) is 5.26 Å². The largest absolute Gasteiger partial charge is 0.460 e. The van der Waals surface area contributed by atoms with E-state index in [0.29, 0.717) is 5.69 Å². The molecule has 0 aliphatic heterocycles. The van der Waals surface area contributed by atoms with Crippen molar-refractivity contribution in [1.29, 1.82) is 5.26 Å². The maximum absolute atomic E-state index is 12.0. The van der Waals surface area contributed by atoms with Crippen LogP contribution in [-0.2, 0) is 14.9 Å². The normalized spacial score (nSPS) is 14.2. The molecule has 108 valence electrons. The number of esters is 1. The van der Waals surface area contributed by atoms with Gasteiger partial charge in [-0.25, -0.2) is 0 Å². The Labute approximate surface area is 120 Å². The van der Waals surface area contributed by atoms with E-state index in [2.05, 4.69) is 6.07 Å². The first-order valence-corrected chi connectivity index (χ1v) is 6.57. The molecular weight excluding hydrogens is 252 g/mol. The van der Waals surface area contributed by atoms with Crippen molar-refractivity contribution in [3.8, 4) is 6.07 Å². The van der Waals surface area contributed by atoms with Crippen LogP contribution in [-0.4, -0.2) is 11.6 Å². The molecule has 1 atom stereocenters. The number of nitrogens with two attached hydrogens (primary N) is 1. The van der Waals surface area contributed by atoms with Crippen LogP contribution in [0.5, 0.6) is 0 Å². The number of rotatable bonds is 3. The smallest absolute Gasteiger partial charge is 0.308 e. The third kappa shape index (κ3) is 3.99. The van der Waals surface area contributed by atoms with Crippen molar-refractivity contribution in [2.24, 2.45) is 0 Å². The Kier molecular flexibility index (Phi) is 4.44. The van der Waals surface area contributed by atoms with Crippen molar-refractivity contribution < 1.29 is 9.53 Å². The van der Waals surface area contributed by atoms with E-state index in [1.807, 2.05) is 27.7 Å². The lowest BCUT2D eigenvalue weighted by molar-refractivity contribution is -0.155. The average Bonchev–Trinajstić information content (AvgIpc) is 2.25. The Morgan fingerprint density at radius 1 is 1.35 bits per heavy atom. The fourth-order valence-corrected chi connectivity index (χ4v) is 2.17. The fourth-order valence-electron chi connectivity index (χ4n) is 2.17. The summed E-state index contributed by atoms with van der Waals surface area (Å²) in [5.74, 6) is -0.377.